The Kier molecular flexibility index (Phi) is 2.34. The van der Waals surface area contributed by atoms with Crippen LogP contribution in [0.15, 0.2) is 54.3 Å². The maximum atomic E-state index is 6.28. The van der Waals surface area contributed by atoms with Crippen molar-refractivity contribution in [2.45, 2.75) is 11.6 Å². The van der Waals surface area contributed by atoms with Crippen LogP contribution in [0.2, 0.25) is 0 Å². The maximum Gasteiger partial charge on any atom is 0.0808 e. The average molecular weight is 201 g/mol. The molecule has 0 bridgehead atoms. The number of rotatable bonds is 1. The molecule has 0 heterocycles. The predicted octanol–water partition coefficient (Wildman–Crippen LogP) is 0.580. The summed E-state index contributed by atoms with van der Waals surface area (Å²) >= 11 is 0. The lowest BCUT2D eigenvalue weighted by Crippen LogP contribution is -2.51. The van der Waals surface area contributed by atoms with Crippen LogP contribution in [0.5, 0.6) is 0 Å². The van der Waals surface area contributed by atoms with Crippen molar-refractivity contribution in [2.75, 3.05) is 0 Å². The summed E-state index contributed by atoms with van der Waals surface area (Å²) in [6, 6.07) is 9.51. The smallest absolute Gasteiger partial charge is 0.0808 e. The predicted molar refractivity (Wildman–Crippen MR) is 61.7 cm³/mol. The Balaban J connectivity index is 2.46. The van der Waals surface area contributed by atoms with Crippen molar-refractivity contribution in [2.24, 2.45) is 17.2 Å². The standard InChI is InChI=1S/C12H15N3/c13-10-6-7-11(14)12(15,8-10)9-4-2-1-3-5-9/h1-8,11H,13-15H2. The van der Waals surface area contributed by atoms with Crippen molar-refractivity contribution in [1.29, 1.82) is 0 Å². The summed E-state index contributed by atoms with van der Waals surface area (Å²) in [6.07, 6.45) is 5.44. The molecule has 2 atom stereocenters. The normalized spacial score (nSPS) is 30.0. The lowest BCUT2D eigenvalue weighted by atomic mass is 9.80. The Labute approximate surface area is 89.3 Å². The van der Waals surface area contributed by atoms with Crippen molar-refractivity contribution >= 4 is 0 Å². The van der Waals surface area contributed by atoms with Crippen LogP contribution in [0, 0.1) is 0 Å². The van der Waals surface area contributed by atoms with Crippen molar-refractivity contribution in [1.82, 2.24) is 0 Å². The minimum Gasteiger partial charge on any atom is -0.399 e. The van der Waals surface area contributed by atoms with Crippen LogP contribution in [0.4, 0.5) is 0 Å². The van der Waals surface area contributed by atoms with E-state index in [9.17, 15) is 0 Å². The average Bonchev–Trinajstić information content (AvgIpc) is 2.25. The largest absolute Gasteiger partial charge is 0.399 e. The molecule has 2 unspecified atom stereocenters. The molecule has 0 radical (unpaired) electrons. The molecule has 2 rings (SSSR count). The van der Waals surface area contributed by atoms with Gasteiger partial charge in [-0.15, -0.1) is 0 Å². The third-order valence-corrected chi connectivity index (χ3v) is 2.73. The van der Waals surface area contributed by atoms with Gasteiger partial charge in [0.05, 0.1) is 5.54 Å². The topological polar surface area (TPSA) is 78.1 Å². The monoisotopic (exact) mass is 201 g/mol. The zero-order valence-corrected chi connectivity index (χ0v) is 8.43. The fourth-order valence-corrected chi connectivity index (χ4v) is 1.80. The van der Waals surface area contributed by atoms with Gasteiger partial charge in [-0.05, 0) is 17.7 Å². The summed E-state index contributed by atoms with van der Waals surface area (Å²) in [4.78, 5) is 0. The van der Waals surface area contributed by atoms with E-state index < -0.39 is 5.54 Å². The van der Waals surface area contributed by atoms with Crippen LogP contribution in [0.3, 0.4) is 0 Å². The first-order valence-corrected chi connectivity index (χ1v) is 4.89. The van der Waals surface area contributed by atoms with E-state index in [0.29, 0.717) is 5.70 Å². The van der Waals surface area contributed by atoms with E-state index in [1.54, 1.807) is 6.08 Å². The van der Waals surface area contributed by atoms with Gasteiger partial charge in [0, 0.05) is 11.7 Å². The van der Waals surface area contributed by atoms with Crippen LogP contribution in [-0.4, -0.2) is 6.04 Å². The van der Waals surface area contributed by atoms with E-state index in [2.05, 4.69) is 0 Å². The zero-order valence-electron chi connectivity index (χ0n) is 8.43. The molecule has 0 amide bonds. The summed E-state index contributed by atoms with van der Waals surface area (Å²) in [5.41, 5.74) is 19.0. The Morgan fingerprint density at radius 1 is 1.13 bits per heavy atom. The second-order valence-corrected chi connectivity index (χ2v) is 3.83. The van der Waals surface area contributed by atoms with Crippen LogP contribution < -0.4 is 17.2 Å². The molecule has 0 aromatic heterocycles. The van der Waals surface area contributed by atoms with Crippen LogP contribution in [0.25, 0.3) is 0 Å². The first kappa shape index (κ1) is 9.96. The van der Waals surface area contributed by atoms with Crippen molar-refractivity contribution in [3.05, 3.63) is 59.8 Å². The molecular formula is C12H15N3. The molecule has 1 aromatic rings. The Hall–Kier alpha value is -1.58. The fourth-order valence-electron chi connectivity index (χ4n) is 1.80. The van der Waals surface area contributed by atoms with E-state index >= 15 is 0 Å². The molecule has 1 aromatic carbocycles. The minimum atomic E-state index is -0.694. The highest BCUT2D eigenvalue weighted by atomic mass is 14.9. The fraction of sp³-hybridized carbons (Fsp3) is 0.167. The van der Waals surface area contributed by atoms with Gasteiger partial charge in [-0.25, -0.2) is 0 Å². The van der Waals surface area contributed by atoms with Gasteiger partial charge in [0.1, 0.15) is 0 Å². The number of hydrogen-bond acceptors (Lipinski definition) is 3. The van der Waals surface area contributed by atoms with Gasteiger partial charge >= 0.3 is 0 Å². The highest BCUT2D eigenvalue weighted by Gasteiger charge is 2.32. The van der Waals surface area contributed by atoms with Crippen LogP contribution in [-0.2, 0) is 5.54 Å². The summed E-state index contributed by atoms with van der Waals surface area (Å²) in [7, 11) is 0. The zero-order chi connectivity index (χ0) is 10.9. The van der Waals surface area contributed by atoms with Gasteiger partial charge in [0.2, 0.25) is 0 Å². The lowest BCUT2D eigenvalue weighted by Gasteiger charge is -2.33. The molecule has 15 heavy (non-hydrogen) atoms. The molecule has 3 nitrogen and oxygen atoms in total. The van der Waals surface area contributed by atoms with Gasteiger partial charge in [-0.2, -0.15) is 0 Å². The van der Waals surface area contributed by atoms with E-state index in [1.807, 2.05) is 42.5 Å². The van der Waals surface area contributed by atoms with Gasteiger partial charge in [0.25, 0.3) is 0 Å². The van der Waals surface area contributed by atoms with Gasteiger partial charge in [-0.1, -0.05) is 36.4 Å². The molecular weight excluding hydrogens is 186 g/mol. The molecule has 1 aliphatic rings. The van der Waals surface area contributed by atoms with Crippen molar-refractivity contribution in [3.63, 3.8) is 0 Å². The number of nitrogens with two attached hydrogens (primary N) is 3. The van der Waals surface area contributed by atoms with E-state index in [-0.39, 0.29) is 6.04 Å². The molecule has 0 spiro atoms. The highest BCUT2D eigenvalue weighted by molar-refractivity contribution is 5.40. The molecule has 0 aliphatic heterocycles. The van der Waals surface area contributed by atoms with E-state index in [1.165, 1.54) is 0 Å². The molecule has 0 saturated carbocycles. The molecule has 6 N–H and O–H groups in total. The van der Waals surface area contributed by atoms with E-state index in [0.717, 1.165) is 5.56 Å². The van der Waals surface area contributed by atoms with E-state index in [4.69, 9.17) is 17.2 Å². The second kappa shape index (κ2) is 3.53. The SMILES string of the molecule is NC1=CC(N)(c2ccccc2)C(N)C=C1. The first-order valence-electron chi connectivity index (χ1n) is 4.89. The highest BCUT2D eigenvalue weighted by Crippen LogP contribution is 2.27. The summed E-state index contributed by atoms with van der Waals surface area (Å²) in [5, 5.41) is 0. The Bertz CT molecular complexity index is 408. The summed E-state index contributed by atoms with van der Waals surface area (Å²) < 4.78 is 0. The number of hydrogen-bond donors (Lipinski definition) is 3. The molecule has 0 fully saturated rings. The molecule has 3 heteroatoms. The lowest BCUT2D eigenvalue weighted by molar-refractivity contribution is 0.488. The maximum absolute atomic E-state index is 6.28. The van der Waals surface area contributed by atoms with Crippen molar-refractivity contribution in [3.8, 4) is 0 Å². The first-order chi connectivity index (χ1) is 7.13. The quantitative estimate of drug-likeness (QED) is 0.622. The Morgan fingerprint density at radius 2 is 1.80 bits per heavy atom. The molecule has 1 aliphatic carbocycles. The van der Waals surface area contributed by atoms with Gasteiger partial charge < -0.3 is 17.2 Å². The van der Waals surface area contributed by atoms with Crippen LogP contribution >= 0.6 is 0 Å². The summed E-state index contributed by atoms with van der Waals surface area (Å²) in [5.74, 6) is 0. The molecule has 0 saturated heterocycles. The van der Waals surface area contributed by atoms with Crippen LogP contribution in [0.1, 0.15) is 5.56 Å². The Morgan fingerprint density at radius 3 is 2.47 bits per heavy atom. The molecule has 78 valence electrons. The third kappa shape index (κ3) is 1.67. The number of allylic oxidation sites excluding steroid dienone is 1. The summed E-state index contributed by atoms with van der Waals surface area (Å²) in [6.45, 7) is 0. The third-order valence-electron chi connectivity index (χ3n) is 2.73. The number of benzene rings is 1. The second-order valence-electron chi connectivity index (χ2n) is 3.83. The van der Waals surface area contributed by atoms with Gasteiger partial charge in [0.15, 0.2) is 0 Å². The van der Waals surface area contributed by atoms with Gasteiger partial charge in [-0.3, -0.25) is 0 Å². The minimum absolute atomic E-state index is 0.243. The van der Waals surface area contributed by atoms with Crippen molar-refractivity contribution < 1.29 is 0 Å².